The van der Waals surface area contributed by atoms with Crippen LogP contribution in [0.4, 0.5) is 0 Å². The molecule has 0 saturated heterocycles. The Kier molecular flexibility index (Phi) is 4.41. The lowest BCUT2D eigenvalue weighted by Crippen LogP contribution is -2.54. The van der Waals surface area contributed by atoms with Gasteiger partial charge in [-0.05, 0) is 85.2 Å². The monoisotopic (exact) mass is 372 g/mol. The lowest BCUT2D eigenvalue weighted by Gasteiger charge is -2.58. The molecule has 0 aromatic carbocycles. The number of aliphatic hydroxyl groups excluding tert-OH is 1. The summed E-state index contributed by atoms with van der Waals surface area (Å²) >= 11 is 0. The number of hydrogen-bond donors (Lipinski definition) is 1. The van der Waals surface area contributed by atoms with Gasteiger partial charge in [0.25, 0.3) is 0 Å². The minimum Gasteiger partial charge on any atom is -0.455 e. The number of carbonyl (C=O) groups excluding carboxylic acids is 2. The number of ketones is 1. The highest BCUT2D eigenvalue weighted by molar-refractivity contribution is 5.95. The molecule has 4 rings (SSSR count). The molecule has 7 atom stereocenters. The van der Waals surface area contributed by atoms with Gasteiger partial charge in [-0.1, -0.05) is 26.0 Å². The van der Waals surface area contributed by atoms with Crippen molar-refractivity contribution in [2.24, 2.45) is 28.6 Å². The average Bonchev–Trinajstić information content (AvgIpc) is 2.95. The van der Waals surface area contributed by atoms with Gasteiger partial charge in [0.15, 0.2) is 5.78 Å². The van der Waals surface area contributed by atoms with E-state index in [0.717, 1.165) is 43.3 Å². The van der Waals surface area contributed by atoms with E-state index in [4.69, 9.17) is 4.74 Å². The fraction of sp³-hybridized carbons (Fsp3) is 0.739. The normalized spacial score (nSPS) is 45.7. The predicted octanol–water partition coefficient (Wildman–Crippen LogP) is 3.98. The van der Waals surface area contributed by atoms with Crippen LogP contribution in [0.3, 0.4) is 0 Å². The molecular formula is C23H32O4. The van der Waals surface area contributed by atoms with Gasteiger partial charge in [0.05, 0.1) is 6.10 Å². The van der Waals surface area contributed by atoms with Crippen LogP contribution < -0.4 is 0 Å². The third kappa shape index (κ3) is 2.66. The van der Waals surface area contributed by atoms with Gasteiger partial charge in [0, 0.05) is 6.92 Å². The number of rotatable bonds is 2. The first-order chi connectivity index (χ1) is 12.7. The molecule has 0 amide bonds. The number of fused-ring (bicyclic) bond motifs is 5. The van der Waals surface area contributed by atoms with Crippen molar-refractivity contribution in [1.82, 2.24) is 0 Å². The molecule has 4 aliphatic rings. The van der Waals surface area contributed by atoms with Crippen molar-refractivity contribution in [2.75, 3.05) is 0 Å². The van der Waals surface area contributed by atoms with Crippen LogP contribution in [-0.2, 0) is 14.3 Å². The summed E-state index contributed by atoms with van der Waals surface area (Å²) in [5.74, 6) is 1.50. The number of hydrogen-bond acceptors (Lipinski definition) is 4. The zero-order chi connectivity index (χ0) is 19.6. The van der Waals surface area contributed by atoms with E-state index in [1.165, 1.54) is 6.92 Å². The highest BCUT2D eigenvalue weighted by atomic mass is 16.6. The van der Waals surface area contributed by atoms with Gasteiger partial charge in [-0.2, -0.15) is 0 Å². The van der Waals surface area contributed by atoms with E-state index < -0.39 is 12.2 Å². The van der Waals surface area contributed by atoms with Crippen LogP contribution in [0, 0.1) is 28.6 Å². The van der Waals surface area contributed by atoms with Crippen LogP contribution >= 0.6 is 0 Å². The van der Waals surface area contributed by atoms with Crippen molar-refractivity contribution in [3.05, 3.63) is 23.3 Å². The Morgan fingerprint density at radius 2 is 1.74 bits per heavy atom. The highest BCUT2D eigenvalue weighted by Gasteiger charge is 2.59. The van der Waals surface area contributed by atoms with Gasteiger partial charge in [-0.25, -0.2) is 0 Å². The smallest absolute Gasteiger partial charge is 0.303 e. The summed E-state index contributed by atoms with van der Waals surface area (Å²) in [6.45, 7) is 7.74. The van der Waals surface area contributed by atoms with Gasteiger partial charge in [0.1, 0.15) is 6.10 Å². The third-order valence-electron chi connectivity index (χ3n) is 8.39. The molecule has 4 aliphatic carbocycles. The molecule has 0 unspecified atom stereocenters. The molecule has 1 N–H and O–H groups in total. The van der Waals surface area contributed by atoms with Crippen LogP contribution in [0.25, 0.3) is 0 Å². The van der Waals surface area contributed by atoms with Crippen LogP contribution in [0.1, 0.15) is 66.2 Å². The number of ether oxygens (including phenoxy) is 1. The quantitative estimate of drug-likeness (QED) is 0.588. The molecule has 0 aliphatic heterocycles. The van der Waals surface area contributed by atoms with E-state index in [9.17, 15) is 14.7 Å². The van der Waals surface area contributed by atoms with E-state index in [0.29, 0.717) is 24.2 Å². The van der Waals surface area contributed by atoms with Crippen LogP contribution in [0.15, 0.2) is 23.3 Å². The fourth-order valence-electron chi connectivity index (χ4n) is 7.13. The Balaban J connectivity index is 1.68. The minimum atomic E-state index is -0.601. The van der Waals surface area contributed by atoms with Crippen molar-refractivity contribution in [1.29, 1.82) is 0 Å². The molecule has 0 heterocycles. The number of Topliss-reactive ketones (excluding diaryl/α,β-unsaturated/α-hetero) is 1. The lowest BCUT2D eigenvalue weighted by molar-refractivity contribution is -0.155. The summed E-state index contributed by atoms with van der Waals surface area (Å²) in [6.07, 6.45) is 9.08. The summed E-state index contributed by atoms with van der Waals surface area (Å²) in [7, 11) is 0. The largest absolute Gasteiger partial charge is 0.455 e. The molecule has 27 heavy (non-hydrogen) atoms. The standard InChI is InChI=1S/C23H32O4/c1-13(24)16-7-8-17-15-5-6-19-21(27-14(2)25)20(26)10-12-23(19,4)18(15)9-11-22(16,17)3/h6-7,15,17-18,20-21,26H,5,8-12H2,1-4H3/t15-,17-,18-,20-,21+,22+,23+/m0/s1. The lowest BCUT2D eigenvalue weighted by atomic mass is 9.47. The van der Waals surface area contributed by atoms with Crippen molar-refractivity contribution < 1.29 is 19.4 Å². The third-order valence-corrected chi connectivity index (χ3v) is 8.39. The molecule has 4 nitrogen and oxygen atoms in total. The first-order valence-electron chi connectivity index (χ1n) is 10.5. The number of allylic oxidation sites excluding steroid dienone is 3. The molecule has 0 bridgehead atoms. The number of esters is 1. The second-order valence-corrected chi connectivity index (χ2v) is 9.69. The van der Waals surface area contributed by atoms with E-state index in [2.05, 4.69) is 26.0 Å². The van der Waals surface area contributed by atoms with Gasteiger partial charge >= 0.3 is 5.97 Å². The van der Waals surface area contributed by atoms with Crippen molar-refractivity contribution in [3.63, 3.8) is 0 Å². The molecule has 0 spiro atoms. The van der Waals surface area contributed by atoms with Crippen molar-refractivity contribution in [3.8, 4) is 0 Å². The summed E-state index contributed by atoms with van der Waals surface area (Å²) in [5.41, 5.74) is 2.17. The summed E-state index contributed by atoms with van der Waals surface area (Å²) < 4.78 is 5.56. The molecular weight excluding hydrogens is 340 g/mol. The van der Waals surface area contributed by atoms with E-state index in [-0.39, 0.29) is 22.6 Å². The zero-order valence-corrected chi connectivity index (χ0v) is 17.0. The van der Waals surface area contributed by atoms with E-state index in [1.54, 1.807) is 6.92 Å². The first kappa shape index (κ1) is 18.9. The zero-order valence-electron chi connectivity index (χ0n) is 17.0. The topological polar surface area (TPSA) is 63.6 Å². The van der Waals surface area contributed by atoms with Gasteiger partial charge < -0.3 is 9.84 Å². The molecule has 0 aromatic heterocycles. The summed E-state index contributed by atoms with van der Waals surface area (Å²) in [6, 6.07) is 0. The van der Waals surface area contributed by atoms with Crippen LogP contribution in [0.2, 0.25) is 0 Å². The van der Waals surface area contributed by atoms with Gasteiger partial charge in [0.2, 0.25) is 0 Å². The van der Waals surface area contributed by atoms with E-state index in [1.807, 2.05) is 0 Å². The van der Waals surface area contributed by atoms with Crippen molar-refractivity contribution in [2.45, 2.75) is 78.4 Å². The minimum absolute atomic E-state index is 0.0121. The molecule has 4 heteroatoms. The Hall–Kier alpha value is -1.42. The molecule has 0 radical (unpaired) electrons. The van der Waals surface area contributed by atoms with Gasteiger partial charge in [-0.15, -0.1) is 0 Å². The second kappa shape index (κ2) is 6.30. The summed E-state index contributed by atoms with van der Waals surface area (Å²) in [5, 5.41) is 10.5. The summed E-state index contributed by atoms with van der Waals surface area (Å²) in [4.78, 5) is 23.8. The highest BCUT2D eigenvalue weighted by Crippen LogP contribution is 2.65. The van der Waals surface area contributed by atoms with Crippen molar-refractivity contribution >= 4 is 11.8 Å². The molecule has 0 aromatic rings. The van der Waals surface area contributed by atoms with Crippen LogP contribution in [0.5, 0.6) is 0 Å². The number of carbonyl (C=O) groups is 2. The molecule has 2 saturated carbocycles. The maximum Gasteiger partial charge on any atom is 0.303 e. The Labute approximate surface area is 162 Å². The average molecular weight is 373 g/mol. The van der Waals surface area contributed by atoms with Crippen LogP contribution in [-0.4, -0.2) is 29.1 Å². The molecule has 2 fully saturated rings. The Bertz CT molecular complexity index is 735. The first-order valence-corrected chi connectivity index (χ1v) is 10.5. The second-order valence-electron chi connectivity index (χ2n) is 9.69. The SMILES string of the molecule is CC(=O)O[C@@H]1C2=CC[C@@H]3[C@H](CC[C@]4(C)C(C(C)=O)=CC[C@@H]34)[C@@]2(C)CC[C@@H]1O. The Morgan fingerprint density at radius 3 is 2.41 bits per heavy atom. The maximum absolute atomic E-state index is 12.2. The molecule has 148 valence electrons. The predicted molar refractivity (Wildman–Crippen MR) is 103 cm³/mol. The van der Waals surface area contributed by atoms with Gasteiger partial charge in [-0.3, -0.25) is 9.59 Å². The van der Waals surface area contributed by atoms with E-state index >= 15 is 0 Å². The fourth-order valence-corrected chi connectivity index (χ4v) is 7.13. The number of aliphatic hydroxyl groups is 1. The maximum atomic E-state index is 12.2. The Morgan fingerprint density at radius 1 is 1.04 bits per heavy atom.